The third-order valence-corrected chi connectivity index (χ3v) is 7.37. The standard InChI is InChI=1S/C28H29NO/c1-4-10-23-25-19-12-5-7-14-21(19)26(22-15-8-6-13-20(22)25)27(23)28(30)29-24-16-9-11-17(2)18(24)3/h5-9,11-16,23,25-27H,4,10H2,1-3H3,(H,29,30)/t23-,25?,26?,27+/m1/s1. The number of rotatable bonds is 4. The molecule has 3 aliphatic carbocycles. The molecular weight excluding hydrogens is 366 g/mol. The highest BCUT2D eigenvalue weighted by Gasteiger charge is 2.51. The molecule has 152 valence electrons. The smallest absolute Gasteiger partial charge is 0.228 e. The Balaban J connectivity index is 1.63. The van der Waals surface area contributed by atoms with E-state index in [0.717, 1.165) is 24.1 Å². The lowest BCUT2D eigenvalue weighted by Gasteiger charge is -2.50. The molecule has 0 saturated heterocycles. The molecule has 3 aliphatic rings. The second kappa shape index (κ2) is 7.43. The first kappa shape index (κ1) is 19.1. The van der Waals surface area contributed by atoms with Crippen LogP contribution >= 0.6 is 0 Å². The van der Waals surface area contributed by atoms with E-state index in [2.05, 4.69) is 80.7 Å². The van der Waals surface area contributed by atoms with Crippen LogP contribution in [0.15, 0.2) is 66.7 Å². The maximum Gasteiger partial charge on any atom is 0.228 e. The number of anilines is 1. The zero-order chi connectivity index (χ0) is 20.8. The molecule has 2 heteroatoms. The van der Waals surface area contributed by atoms with Crippen molar-refractivity contribution in [1.82, 2.24) is 0 Å². The maximum atomic E-state index is 13.8. The number of amides is 1. The summed E-state index contributed by atoms with van der Waals surface area (Å²) in [5.74, 6) is 0.886. The molecule has 1 amide bonds. The first-order valence-electron chi connectivity index (χ1n) is 11.2. The highest BCUT2D eigenvalue weighted by Crippen LogP contribution is 2.59. The molecule has 3 aromatic carbocycles. The van der Waals surface area contributed by atoms with Crippen molar-refractivity contribution in [2.75, 3.05) is 5.32 Å². The van der Waals surface area contributed by atoms with Crippen LogP contribution in [0.5, 0.6) is 0 Å². The van der Waals surface area contributed by atoms with Gasteiger partial charge in [-0.15, -0.1) is 0 Å². The predicted octanol–water partition coefficient (Wildman–Crippen LogP) is 6.57. The van der Waals surface area contributed by atoms with E-state index in [1.54, 1.807) is 0 Å². The minimum absolute atomic E-state index is 0.0420. The average Bonchev–Trinajstić information content (AvgIpc) is 2.77. The highest BCUT2D eigenvalue weighted by atomic mass is 16.1. The van der Waals surface area contributed by atoms with Gasteiger partial charge in [0.05, 0.1) is 5.92 Å². The second-order valence-corrected chi connectivity index (χ2v) is 8.93. The van der Waals surface area contributed by atoms with Crippen LogP contribution in [0.25, 0.3) is 0 Å². The van der Waals surface area contributed by atoms with Crippen LogP contribution in [0.3, 0.4) is 0 Å². The summed E-state index contributed by atoms with van der Waals surface area (Å²) in [6.07, 6.45) is 2.15. The van der Waals surface area contributed by atoms with E-state index >= 15 is 0 Å². The molecule has 0 saturated carbocycles. The van der Waals surface area contributed by atoms with Crippen molar-refractivity contribution >= 4 is 11.6 Å². The van der Waals surface area contributed by atoms with Crippen molar-refractivity contribution in [3.8, 4) is 0 Å². The lowest BCUT2D eigenvalue weighted by Crippen LogP contribution is -2.45. The fraction of sp³-hybridized carbons (Fsp3) is 0.321. The van der Waals surface area contributed by atoms with Gasteiger partial charge < -0.3 is 5.32 Å². The van der Waals surface area contributed by atoms with E-state index in [1.165, 1.54) is 27.8 Å². The number of hydrogen-bond donors (Lipinski definition) is 1. The second-order valence-electron chi connectivity index (χ2n) is 8.93. The van der Waals surface area contributed by atoms with E-state index in [-0.39, 0.29) is 17.7 Å². The summed E-state index contributed by atoms with van der Waals surface area (Å²) in [4.78, 5) is 13.8. The zero-order valence-corrected chi connectivity index (χ0v) is 18.0. The average molecular weight is 396 g/mol. The molecule has 0 radical (unpaired) electrons. The van der Waals surface area contributed by atoms with Crippen molar-refractivity contribution in [2.24, 2.45) is 11.8 Å². The van der Waals surface area contributed by atoms with Crippen LogP contribution < -0.4 is 5.32 Å². The molecule has 30 heavy (non-hydrogen) atoms. The number of nitrogens with one attached hydrogen (secondary N) is 1. The number of carbonyl (C=O) groups excluding carboxylic acids is 1. The molecule has 2 bridgehead atoms. The SMILES string of the molecule is CCC[C@@H]1C2c3ccccc3C(c3ccccc32)[C@H]1C(=O)Nc1cccc(C)c1C. The Hall–Kier alpha value is -2.87. The lowest BCUT2D eigenvalue weighted by atomic mass is 9.53. The largest absolute Gasteiger partial charge is 0.326 e. The monoisotopic (exact) mass is 395 g/mol. The fourth-order valence-electron chi connectivity index (χ4n) is 5.92. The van der Waals surface area contributed by atoms with Crippen molar-refractivity contribution in [1.29, 1.82) is 0 Å². The summed E-state index contributed by atoms with van der Waals surface area (Å²) in [6.45, 7) is 6.42. The van der Waals surface area contributed by atoms with Crippen LogP contribution in [-0.4, -0.2) is 5.91 Å². The number of hydrogen-bond acceptors (Lipinski definition) is 1. The molecule has 2 atom stereocenters. The normalized spacial score (nSPS) is 23.6. The number of fused-ring (bicyclic) bond motifs is 1. The topological polar surface area (TPSA) is 29.1 Å². The Labute approximate surface area is 179 Å². The first-order chi connectivity index (χ1) is 14.6. The molecule has 3 aromatic rings. The Bertz CT molecular complexity index is 1070. The summed E-state index contributed by atoms with van der Waals surface area (Å²) in [5, 5.41) is 3.32. The number of benzene rings is 3. The van der Waals surface area contributed by atoms with Gasteiger partial charge in [0.25, 0.3) is 0 Å². The van der Waals surface area contributed by atoms with Gasteiger partial charge in [-0.25, -0.2) is 0 Å². The lowest BCUT2D eigenvalue weighted by molar-refractivity contribution is -0.123. The van der Waals surface area contributed by atoms with Gasteiger partial charge in [0.2, 0.25) is 5.91 Å². The Morgan fingerprint density at radius 1 is 0.800 bits per heavy atom. The van der Waals surface area contributed by atoms with Gasteiger partial charge in [0, 0.05) is 17.5 Å². The number of aryl methyl sites for hydroxylation is 1. The molecular formula is C28H29NO. The molecule has 0 fully saturated rings. The van der Waals surface area contributed by atoms with E-state index in [0.29, 0.717) is 11.8 Å². The van der Waals surface area contributed by atoms with Crippen molar-refractivity contribution in [3.63, 3.8) is 0 Å². The minimum atomic E-state index is -0.0420. The molecule has 0 heterocycles. The van der Waals surface area contributed by atoms with Crippen molar-refractivity contribution < 1.29 is 4.79 Å². The predicted molar refractivity (Wildman–Crippen MR) is 123 cm³/mol. The first-order valence-corrected chi connectivity index (χ1v) is 11.2. The molecule has 1 N–H and O–H groups in total. The maximum absolute atomic E-state index is 13.8. The van der Waals surface area contributed by atoms with Crippen LogP contribution in [0.2, 0.25) is 0 Å². The third-order valence-electron chi connectivity index (χ3n) is 7.37. The van der Waals surface area contributed by atoms with Crippen molar-refractivity contribution in [2.45, 2.75) is 45.4 Å². The van der Waals surface area contributed by atoms with E-state index in [4.69, 9.17) is 0 Å². The summed E-state index contributed by atoms with van der Waals surface area (Å²) < 4.78 is 0. The molecule has 0 aromatic heterocycles. The molecule has 0 spiro atoms. The Morgan fingerprint density at radius 3 is 1.93 bits per heavy atom. The summed E-state index contributed by atoms with van der Waals surface area (Å²) in [6, 6.07) is 23.7. The van der Waals surface area contributed by atoms with Gasteiger partial charge in [-0.3, -0.25) is 4.79 Å². The van der Waals surface area contributed by atoms with Gasteiger partial charge in [-0.2, -0.15) is 0 Å². The van der Waals surface area contributed by atoms with E-state index < -0.39 is 0 Å². The summed E-state index contributed by atoms with van der Waals surface area (Å²) in [5.41, 5.74) is 8.84. The van der Waals surface area contributed by atoms with Gasteiger partial charge >= 0.3 is 0 Å². The third kappa shape index (κ3) is 2.81. The van der Waals surface area contributed by atoms with Crippen LogP contribution in [0, 0.1) is 25.7 Å². The van der Waals surface area contributed by atoms with Crippen LogP contribution in [0.4, 0.5) is 5.69 Å². The zero-order valence-electron chi connectivity index (χ0n) is 18.0. The molecule has 0 aliphatic heterocycles. The molecule has 6 rings (SSSR count). The highest BCUT2D eigenvalue weighted by molar-refractivity contribution is 5.95. The van der Waals surface area contributed by atoms with Gasteiger partial charge in [-0.1, -0.05) is 74.0 Å². The fourth-order valence-corrected chi connectivity index (χ4v) is 5.92. The Morgan fingerprint density at radius 2 is 1.37 bits per heavy atom. The van der Waals surface area contributed by atoms with Gasteiger partial charge in [-0.05, 0) is 65.6 Å². The van der Waals surface area contributed by atoms with Crippen LogP contribution in [-0.2, 0) is 4.79 Å². The van der Waals surface area contributed by atoms with E-state index in [9.17, 15) is 4.79 Å². The van der Waals surface area contributed by atoms with Crippen LogP contribution in [0.1, 0.15) is 65.0 Å². The summed E-state index contributed by atoms with van der Waals surface area (Å²) in [7, 11) is 0. The Kier molecular flexibility index (Phi) is 4.73. The number of carbonyl (C=O) groups is 1. The van der Waals surface area contributed by atoms with Crippen molar-refractivity contribution in [3.05, 3.63) is 100 Å². The van der Waals surface area contributed by atoms with E-state index in [1.807, 2.05) is 12.1 Å². The molecule has 0 unspecified atom stereocenters. The quantitative estimate of drug-likeness (QED) is 0.532. The minimum Gasteiger partial charge on any atom is -0.326 e. The van der Waals surface area contributed by atoms with Gasteiger partial charge in [0.15, 0.2) is 0 Å². The molecule has 2 nitrogen and oxygen atoms in total. The van der Waals surface area contributed by atoms with Gasteiger partial charge in [0.1, 0.15) is 0 Å². The summed E-state index contributed by atoms with van der Waals surface area (Å²) >= 11 is 0.